The van der Waals surface area contributed by atoms with Crippen LogP contribution in [0.5, 0.6) is 0 Å². The average molecular weight is 1450 g/mol. The largest absolute Gasteiger partial charge is 0.472 e. The first-order valence-corrected chi connectivity index (χ1v) is 44.3. The molecule has 0 aromatic heterocycles. The van der Waals surface area contributed by atoms with Gasteiger partial charge in [0.2, 0.25) is 0 Å². The number of rotatable bonds is 78. The van der Waals surface area contributed by atoms with E-state index in [-0.39, 0.29) is 25.7 Å². The van der Waals surface area contributed by atoms with Crippen LogP contribution in [0.15, 0.2) is 0 Å². The summed E-state index contributed by atoms with van der Waals surface area (Å²) >= 11 is 0. The predicted octanol–water partition coefficient (Wildman–Crippen LogP) is 23.7. The minimum Gasteiger partial charge on any atom is -0.462 e. The third-order valence-corrected chi connectivity index (χ3v) is 20.5. The SMILES string of the molecule is CCCCCCCCCCCCCCCCCCCCCCCC(=O)O[C@H](COC(=O)CCCCCCCCCCCCCCCCCCC(C)C)COP(=O)(O)OC[C@@H](O)COP(=O)(O)OC[C@@H](COC(=O)CCCCCCCCC(C)C)OC(=O)CCCCCCCCCC(C)C. The monoisotopic (exact) mass is 1450 g/mol. The third-order valence-electron chi connectivity index (χ3n) is 18.6. The van der Waals surface area contributed by atoms with Crippen molar-refractivity contribution in [3.05, 3.63) is 0 Å². The number of hydrogen-bond donors (Lipinski definition) is 3. The summed E-state index contributed by atoms with van der Waals surface area (Å²) in [5.41, 5.74) is 0. The summed E-state index contributed by atoms with van der Waals surface area (Å²) in [5.74, 6) is 0.0685. The van der Waals surface area contributed by atoms with Gasteiger partial charge in [0.05, 0.1) is 26.4 Å². The molecule has 0 fully saturated rings. The molecule has 0 aromatic carbocycles. The van der Waals surface area contributed by atoms with Crippen LogP contribution in [0.3, 0.4) is 0 Å². The Kier molecular flexibility index (Phi) is 69.0. The van der Waals surface area contributed by atoms with E-state index in [4.69, 9.17) is 37.0 Å². The second-order valence-electron chi connectivity index (χ2n) is 30.2. The second kappa shape index (κ2) is 70.4. The molecule has 2 unspecified atom stereocenters. The maximum absolute atomic E-state index is 13.1. The molecule has 0 heterocycles. The van der Waals surface area contributed by atoms with Gasteiger partial charge in [-0.25, -0.2) is 9.13 Å². The van der Waals surface area contributed by atoms with Crippen molar-refractivity contribution in [1.29, 1.82) is 0 Å². The van der Waals surface area contributed by atoms with Gasteiger partial charge in [0.15, 0.2) is 12.2 Å². The molecule has 0 radical (unpaired) electrons. The molecule has 99 heavy (non-hydrogen) atoms. The first kappa shape index (κ1) is 97.1. The molecule has 0 aliphatic rings. The quantitative estimate of drug-likeness (QED) is 0.0222. The number of phosphoric ester groups is 2. The highest BCUT2D eigenvalue weighted by Crippen LogP contribution is 2.45. The normalized spacial score (nSPS) is 14.0. The summed E-state index contributed by atoms with van der Waals surface area (Å²) in [6, 6.07) is 0. The summed E-state index contributed by atoms with van der Waals surface area (Å²) in [6.07, 6.45) is 58.8. The highest BCUT2D eigenvalue weighted by atomic mass is 31.2. The molecule has 0 aliphatic carbocycles. The van der Waals surface area contributed by atoms with Crippen molar-refractivity contribution in [2.75, 3.05) is 39.6 Å². The number of aliphatic hydroxyl groups is 1. The minimum absolute atomic E-state index is 0.102. The Morgan fingerprint density at radius 3 is 0.687 bits per heavy atom. The Morgan fingerprint density at radius 1 is 0.273 bits per heavy atom. The standard InChI is InChI=1S/C80H156O17P2/c1-8-9-10-11-12-13-14-15-16-17-18-19-20-21-26-29-32-35-40-49-56-63-79(84)96-75(67-90-77(82)61-54-47-39-34-31-28-25-23-22-24-27-30-33-37-44-51-58-71(2)3)69-94-98(86,87)92-65-74(81)66-93-99(88,89)95-70-76(68-91-78(83)62-55-48-43-42-46-53-60-73(6)7)97-80(85)64-57-50-41-36-38-45-52-59-72(4)5/h71-76,81H,8-70H2,1-7H3,(H,86,87)(H,88,89)/t74-,75-,76-/m1/s1. The molecule has 0 saturated heterocycles. The number of aliphatic hydroxyl groups excluding tert-OH is 1. The predicted molar refractivity (Wildman–Crippen MR) is 405 cm³/mol. The highest BCUT2D eigenvalue weighted by Gasteiger charge is 2.30. The summed E-state index contributed by atoms with van der Waals surface area (Å²) in [4.78, 5) is 72.8. The third kappa shape index (κ3) is 74.1. The Labute approximate surface area is 607 Å². The molecule has 3 N–H and O–H groups in total. The topological polar surface area (TPSA) is 237 Å². The fourth-order valence-corrected chi connectivity index (χ4v) is 13.9. The number of ether oxygens (including phenoxy) is 4. The number of esters is 4. The lowest BCUT2D eigenvalue weighted by molar-refractivity contribution is -0.161. The highest BCUT2D eigenvalue weighted by molar-refractivity contribution is 7.47. The molecule has 0 aliphatic heterocycles. The van der Waals surface area contributed by atoms with Crippen molar-refractivity contribution in [3.63, 3.8) is 0 Å². The lowest BCUT2D eigenvalue weighted by atomic mass is 10.0. The summed E-state index contributed by atoms with van der Waals surface area (Å²) in [6.45, 7) is 11.8. The van der Waals surface area contributed by atoms with Crippen molar-refractivity contribution < 1.29 is 80.2 Å². The molecule has 0 bridgehead atoms. The first-order chi connectivity index (χ1) is 47.7. The van der Waals surface area contributed by atoms with Crippen LogP contribution >= 0.6 is 15.6 Å². The first-order valence-electron chi connectivity index (χ1n) is 41.3. The van der Waals surface area contributed by atoms with E-state index in [1.165, 1.54) is 218 Å². The Bertz CT molecular complexity index is 1920. The van der Waals surface area contributed by atoms with E-state index in [2.05, 4.69) is 48.5 Å². The van der Waals surface area contributed by atoms with E-state index in [0.717, 1.165) is 102 Å². The molecule has 19 heteroatoms. The number of carbonyl (C=O) groups is 4. The summed E-state index contributed by atoms with van der Waals surface area (Å²) in [7, 11) is -9.91. The van der Waals surface area contributed by atoms with Crippen LogP contribution in [-0.4, -0.2) is 96.7 Å². The van der Waals surface area contributed by atoms with Crippen molar-refractivity contribution in [2.45, 2.75) is 433 Å². The molecule has 0 saturated carbocycles. The van der Waals surface area contributed by atoms with Crippen LogP contribution in [0.4, 0.5) is 0 Å². The van der Waals surface area contributed by atoms with E-state index < -0.39 is 97.5 Å². The van der Waals surface area contributed by atoms with E-state index in [0.29, 0.717) is 37.5 Å². The van der Waals surface area contributed by atoms with Crippen LogP contribution in [0.2, 0.25) is 0 Å². The van der Waals surface area contributed by atoms with Crippen molar-refractivity contribution in [3.8, 4) is 0 Å². The zero-order valence-electron chi connectivity index (χ0n) is 65.0. The zero-order valence-corrected chi connectivity index (χ0v) is 66.8. The van der Waals surface area contributed by atoms with Gasteiger partial charge in [-0.3, -0.25) is 37.3 Å². The number of phosphoric acid groups is 2. The van der Waals surface area contributed by atoms with Crippen LogP contribution in [0.25, 0.3) is 0 Å². The van der Waals surface area contributed by atoms with Crippen LogP contribution in [-0.2, 0) is 65.4 Å². The van der Waals surface area contributed by atoms with Gasteiger partial charge in [0.25, 0.3) is 0 Å². The van der Waals surface area contributed by atoms with Gasteiger partial charge in [-0.2, -0.15) is 0 Å². The molecule has 0 rings (SSSR count). The molecule has 0 aromatic rings. The van der Waals surface area contributed by atoms with Crippen molar-refractivity contribution in [2.24, 2.45) is 17.8 Å². The summed E-state index contributed by atoms with van der Waals surface area (Å²) < 4.78 is 68.6. The Morgan fingerprint density at radius 2 is 0.465 bits per heavy atom. The van der Waals surface area contributed by atoms with Crippen LogP contribution in [0.1, 0.15) is 414 Å². The number of unbranched alkanes of at least 4 members (excludes halogenated alkanes) is 46. The maximum Gasteiger partial charge on any atom is 0.472 e. The van der Waals surface area contributed by atoms with Gasteiger partial charge in [0, 0.05) is 25.7 Å². The lowest BCUT2D eigenvalue weighted by Gasteiger charge is -2.21. The number of carbonyl (C=O) groups excluding carboxylic acids is 4. The second-order valence-corrected chi connectivity index (χ2v) is 33.1. The van der Waals surface area contributed by atoms with Crippen LogP contribution < -0.4 is 0 Å². The molecule has 588 valence electrons. The van der Waals surface area contributed by atoms with Gasteiger partial charge >= 0.3 is 39.5 Å². The van der Waals surface area contributed by atoms with E-state index in [1.54, 1.807) is 0 Å². The van der Waals surface area contributed by atoms with E-state index in [9.17, 15) is 43.2 Å². The lowest BCUT2D eigenvalue weighted by Crippen LogP contribution is -2.30. The van der Waals surface area contributed by atoms with Crippen molar-refractivity contribution in [1.82, 2.24) is 0 Å². The molecular weight excluding hydrogens is 1290 g/mol. The number of hydrogen-bond acceptors (Lipinski definition) is 15. The molecule has 0 spiro atoms. The van der Waals surface area contributed by atoms with Crippen molar-refractivity contribution >= 4 is 39.5 Å². The average Bonchev–Trinajstić information content (AvgIpc) is 0.981. The fourth-order valence-electron chi connectivity index (χ4n) is 12.3. The van der Waals surface area contributed by atoms with E-state index in [1.807, 2.05) is 0 Å². The van der Waals surface area contributed by atoms with Gasteiger partial charge in [-0.05, 0) is 43.4 Å². The fraction of sp³-hybridized carbons (Fsp3) is 0.950. The van der Waals surface area contributed by atoms with Gasteiger partial charge in [0.1, 0.15) is 19.3 Å². The van der Waals surface area contributed by atoms with Gasteiger partial charge in [-0.15, -0.1) is 0 Å². The summed E-state index contributed by atoms with van der Waals surface area (Å²) in [5, 5.41) is 10.6. The molecule has 5 atom stereocenters. The smallest absolute Gasteiger partial charge is 0.462 e. The van der Waals surface area contributed by atoms with Gasteiger partial charge in [-0.1, -0.05) is 363 Å². The molecule has 17 nitrogen and oxygen atoms in total. The van der Waals surface area contributed by atoms with Gasteiger partial charge < -0.3 is 33.8 Å². The maximum atomic E-state index is 13.1. The Hall–Kier alpha value is -1.94. The Balaban J connectivity index is 5.18. The molecular formula is C80H156O17P2. The zero-order chi connectivity index (χ0) is 73.0. The minimum atomic E-state index is -4.96. The molecule has 0 amide bonds. The van der Waals surface area contributed by atoms with Crippen LogP contribution in [0, 0.1) is 17.8 Å². The van der Waals surface area contributed by atoms with E-state index >= 15 is 0 Å².